The first kappa shape index (κ1) is 23.8. The fourth-order valence-electron chi connectivity index (χ4n) is 3.53. The molecule has 0 saturated heterocycles. The quantitative estimate of drug-likeness (QED) is 0.375. The molecule has 4 aromatic rings. The molecule has 0 aliphatic rings. The predicted molar refractivity (Wildman–Crippen MR) is 133 cm³/mol. The number of carbonyl (C=O) groups is 2. The zero-order valence-electron chi connectivity index (χ0n) is 19.2. The van der Waals surface area contributed by atoms with Crippen LogP contribution in [0.2, 0.25) is 0 Å². The zero-order chi connectivity index (χ0) is 24.6. The Kier molecular flexibility index (Phi) is 7.60. The number of amides is 1. The second kappa shape index (κ2) is 11.2. The molecule has 1 amide bonds. The normalized spacial score (nSPS) is 11.6. The predicted octanol–water partition coefficient (Wildman–Crippen LogP) is 4.52. The lowest BCUT2D eigenvalue weighted by Gasteiger charge is -2.15. The average molecular weight is 468 g/mol. The number of rotatable bonds is 9. The van der Waals surface area contributed by atoms with Crippen LogP contribution in [0.3, 0.4) is 0 Å². The summed E-state index contributed by atoms with van der Waals surface area (Å²) in [4.78, 5) is 33.4. The summed E-state index contributed by atoms with van der Waals surface area (Å²) in [5.74, 6) is -1.40. The van der Waals surface area contributed by atoms with E-state index in [-0.39, 0.29) is 18.9 Å². The number of carboxylic acids is 1. The molecular formula is C28H25N3O4. The standard InChI is InChI=1S/C28H25N3O4/c1-19-16-24(27(32)31-25(28(33)34)18-35-17-20-8-4-2-5-9-20)30-26(29-19)23-14-12-22(13-15-23)21-10-6-3-7-11-21/h2-16,25H,17-18H2,1H3,(H,31,32)(H,33,34)/t25-/m0/s1. The molecule has 3 aromatic carbocycles. The van der Waals surface area contributed by atoms with E-state index in [2.05, 4.69) is 15.3 Å². The SMILES string of the molecule is Cc1cc(C(=O)N[C@@H](COCc2ccccc2)C(=O)O)nc(-c2ccc(-c3ccccc3)cc2)n1. The summed E-state index contributed by atoms with van der Waals surface area (Å²) >= 11 is 0. The Bertz CT molecular complexity index is 1290. The molecular weight excluding hydrogens is 442 g/mol. The molecule has 35 heavy (non-hydrogen) atoms. The lowest BCUT2D eigenvalue weighted by Crippen LogP contribution is -2.44. The summed E-state index contributed by atoms with van der Waals surface area (Å²) in [5.41, 5.74) is 4.51. The third-order valence-electron chi connectivity index (χ3n) is 5.34. The van der Waals surface area contributed by atoms with Crippen molar-refractivity contribution in [2.24, 2.45) is 0 Å². The van der Waals surface area contributed by atoms with Crippen LogP contribution in [0.25, 0.3) is 22.5 Å². The molecule has 1 heterocycles. The van der Waals surface area contributed by atoms with Gasteiger partial charge in [0.25, 0.3) is 5.91 Å². The van der Waals surface area contributed by atoms with Crippen LogP contribution in [0.15, 0.2) is 91.0 Å². The third-order valence-corrected chi connectivity index (χ3v) is 5.34. The van der Waals surface area contributed by atoms with Gasteiger partial charge in [0, 0.05) is 11.3 Å². The monoisotopic (exact) mass is 467 g/mol. The number of aryl methyl sites for hydroxylation is 1. The minimum atomic E-state index is -1.21. The number of aliphatic carboxylic acids is 1. The van der Waals surface area contributed by atoms with Crippen molar-refractivity contribution in [2.45, 2.75) is 19.6 Å². The maximum Gasteiger partial charge on any atom is 0.328 e. The number of nitrogens with one attached hydrogen (secondary N) is 1. The largest absolute Gasteiger partial charge is 0.480 e. The highest BCUT2D eigenvalue weighted by molar-refractivity contribution is 5.95. The summed E-state index contributed by atoms with van der Waals surface area (Å²) in [6.07, 6.45) is 0. The number of ether oxygens (including phenoxy) is 1. The van der Waals surface area contributed by atoms with Gasteiger partial charge in [-0.1, -0.05) is 84.9 Å². The van der Waals surface area contributed by atoms with Gasteiger partial charge < -0.3 is 15.2 Å². The van der Waals surface area contributed by atoms with Gasteiger partial charge in [-0.25, -0.2) is 14.8 Å². The van der Waals surface area contributed by atoms with Crippen molar-refractivity contribution >= 4 is 11.9 Å². The Hall–Kier alpha value is -4.36. The van der Waals surface area contributed by atoms with Gasteiger partial charge in [0.05, 0.1) is 13.2 Å². The Morgan fingerprint density at radius 3 is 2.11 bits per heavy atom. The summed E-state index contributed by atoms with van der Waals surface area (Å²) in [6.45, 7) is 1.84. The molecule has 7 heteroatoms. The van der Waals surface area contributed by atoms with Crippen LogP contribution in [-0.2, 0) is 16.1 Å². The van der Waals surface area contributed by atoms with Gasteiger partial charge in [-0.15, -0.1) is 0 Å². The van der Waals surface area contributed by atoms with Crippen LogP contribution in [0.4, 0.5) is 0 Å². The summed E-state index contributed by atoms with van der Waals surface area (Å²) < 4.78 is 5.52. The smallest absolute Gasteiger partial charge is 0.328 e. The Morgan fingerprint density at radius 1 is 0.857 bits per heavy atom. The third kappa shape index (κ3) is 6.37. The molecule has 1 aromatic heterocycles. The van der Waals surface area contributed by atoms with Crippen LogP contribution in [-0.4, -0.2) is 39.6 Å². The van der Waals surface area contributed by atoms with E-state index < -0.39 is 17.9 Å². The molecule has 7 nitrogen and oxygen atoms in total. The lowest BCUT2D eigenvalue weighted by atomic mass is 10.0. The van der Waals surface area contributed by atoms with E-state index in [1.54, 1.807) is 6.92 Å². The molecule has 0 bridgehead atoms. The summed E-state index contributed by atoms with van der Waals surface area (Å²) in [6, 6.07) is 27.4. The van der Waals surface area contributed by atoms with Crippen LogP contribution in [0.1, 0.15) is 21.7 Å². The molecule has 0 spiro atoms. The Morgan fingerprint density at radius 2 is 1.46 bits per heavy atom. The number of carboxylic acid groups (broad SMARTS) is 1. The lowest BCUT2D eigenvalue weighted by molar-refractivity contribution is -0.141. The van der Waals surface area contributed by atoms with Crippen LogP contribution < -0.4 is 5.32 Å². The number of hydrogen-bond acceptors (Lipinski definition) is 5. The van der Waals surface area contributed by atoms with Gasteiger partial charge in [-0.3, -0.25) is 4.79 Å². The van der Waals surface area contributed by atoms with Gasteiger partial charge in [0.1, 0.15) is 5.69 Å². The summed E-state index contributed by atoms with van der Waals surface area (Å²) in [7, 11) is 0. The average Bonchev–Trinajstić information content (AvgIpc) is 2.89. The second-order valence-electron chi connectivity index (χ2n) is 8.03. The van der Waals surface area contributed by atoms with E-state index >= 15 is 0 Å². The zero-order valence-corrected chi connectivity index (χ0v) is 19.2. The molecule has 176 valence electrons. The minimum absolute atomic E-state index is 0.0916. The van der Waals surface area contributed by atoms with E-state index in [0.717, 1.165) is 22.3 Å². The van der Waals surface area contributed by atoms with Crippen molar-refractivity contribution in [1.29, 1.82) is 0 Å². The molecule has 0 fully saturated rings. The minimum Gasteiger partial charge on any atom is -0.480 e. The highest BCUT2D eigenvalue weighted by Crippen LogP contribution is 2.23. The number of carbonyl (C=O) groups excluding carboxylic acids is 1. The van der Waals surface area contributed by atoms with Crippen molar-refractivity contribution in [3.05, 3.63) is 108 Å². The first-order valence-electron chi connectivity index (χ1n) is 11.2. The highest BCUT2D eigenvalue weighted by atomic mass is 16.5. The number of benzene rings is 3. The van der Waals surface area contributed by atoms with Crippen LogP contribution in [0, 0.1) is 6.92 Å². The van der Waals surface area contributed by atoms with Gasteiger partial charge in [0.15, 0.2) is 11.9 Å². The van der Waals surface area contributed by atoms with E-state index in [1.165, 1.54) is 6.07 Å². The Balaban J connectivity index is 1.46. The van der Waals surface area contributed by atoms with E-state index in [1.807, 2.05) is 84.9 Å². The van der Waals surface area contributed by atoms with E-state index in [9.17, 15) is 14.7 Å². The molecule has 0 aliphatic carbocycles. The molecule has 0 saturated carbocycles. The van der Waals surface area contributed by atoms with Crippen molar-refractivity contribution in [3.8, 4) is 22.5 Å². The number of aromatic nitrogens is 2. The van der Waals surface area contributed by atoms with Crippen molar-refractivity contribution in [1.82, 2.24) is 15.3 Å². The van der Waals surface area contributed by atoms with Gasteiger partial charge >= 0.3 is 5.97 Å². The molecule has 2 N–H and O–H groups in total. The Labute approximate surface area is 203 Å². The topological polar surface area (TPSA) is 101 Å². The fourth-order valence-corrected chi connectivity index (χ4v) is 3.53. The second-order valence-corrected chi connectivity index (χ2v) is 8.03. The molecule has 0 unspecified atom stereocenters. The van der Waals surface area contributed by atoms with Gasteiger partial charge in [0.2, 0.25) is 0 Å². The van der Waals surface area contributed by atoms with E-state index in [4.69, 9.17) is 4.74 Å². The molecule has 0 aliphatic heterocycles. The van der Waals surface area contributed by atoms with Crippen LogP contribution >= 0.6 is 0 Å². The fraction of sp³-hybridized carbons (Fsp3) is 0.143. The van der Waals surface area contributed by atoms with E-state index in [0.29, 0.717) is 11.5 Å². The maximum absolute atomic E-state index is 12.8. The van der Waals surface area contributed by atoms with Crippen molar-refractivity contribution in [3.63, 3.8) is 0 Å². The molecule has 1 atom stereocenters. The van der Waals surface area contributed by atoms with Crippen LogP contribution in [0.5, 0.6) is 0 Å². The highest BCUT2D eigenvalue weighted by Gasteiger charge is 2.22. The van der Waals surface area contributed by atoms with Crippen molar-refractivity contribution in [2.75, 3.05) is 6.61 Å². The summed E-state index contributed by atoms with van der Waals surface area (Å²) in [5, 5.41) is 12.0. The van der Waals surface area contributed by atoms with Gasteiger partial charge in [-0.2, -0.15) is 0 Å². The number of hydrogen-bond donors (Lipinski definition) is 2. The molecule has 0 radical (unpaired) electrons. The first-order valence-corrected chi connectivity index (χ1v) is 11.2. The molecule has 4 rings (SSSR count). The first-order chi connectivity index (χ1) is 17.0. The van der Waals surface area contributed by atoms with Gasteiger partial charge in [-0.05, 0) is 29.7 Å². The maximum atomic E-state index is 12.8. The van der Waals surface area contributed by atoms with Crippen molar-refractivity contribution < 1.29 is 19.4 Å². The number of nitrogens with zero attached hydrogens (tertiary/aromatic N) is 2.